The van der Waals surface area contributed by atoms with E-state index in [4.69, 9.17) is 0 Å². The van der Waals surface area contributed by atoms with E-state index in [-0.39, 0.29) is 6.10 Å². The molecule has 0 heterocycles. The van der Waals surface area contributed by atoms with Crippen molar-refractivity contribution in [2.24, 2.45) is 0 Å². The lowest BCUT2D eigenvalue weighted by Crippen LogP contribution is -2.28. The van der Waals surface area contributed by atoms with Crippen molar-refractivity contribution in [3.63, 3.8) is 0 Å². The van der Waals surface area contributed by atoms with E-state index in [0.717, 1.165) is 6.42 Å². The summed E-state index contributed by atoms with van der Waals surface area (Å²) in [6.07, 6.45) is 5.71. The normalized spacial score (nSPS) is 18.2. The standard InChI is InChI=1S/C16H25NO/c1-3-16(18)11-17-12(2)14-9-8-13-6-4-5-7-15(13)10-14/h8-10,12,16-18H,3-7,11H2,1-2H3. The molecule has 0 saturated carbocycles. The summed E-state index contributed by atoms with van der Waals surface area (Å²) in [4.78, 5) is 0. The SMILES string of the molecule is CCC(O)CNC(C)c1ccc2c(c1)CCCC2. The fraction of sp³-hybridized carbons (Fsp3) is 0.625. The number of benzene rings is 1. The van der Waals surface area contributed by atoms with Crippen LogP contribution < -0.4 is 5.32 Å². The number of rotatable bonds is 5. The lowest BCUT2D eigenvalue weighted by Gasteiger charge is -2.21. The van der Waals surface area contributed by atoms with Gasteiger partial charge in [0.1, 0.15) is 0 Å². The Kier molecular flexibility index (Phi) is 4.79. The van der Waals surface area contributed by atoms with Crippen molar-refractivity contribution in [2.75, 3.05) is 6.54 Å². The van der Waals surface area contributed by atoms with Crippen LogP contribution >= 0.6 is 0 Å². The molecule has 0 aromatic heterocycles. The smallest absolute Gasteiger partial charge is 0.0662 e. The van der Waals surface area contributed by atoms with Gasteiger partial charge < -0.3 is 10.4 Å². The molecule has 2 unspecified atom stereocenters. The van der Waals surface area contributed by atoms with Crippen LogP contribution in [0, 0.1) is 0 Å². The van der Waals surface area contributed by atoms with E-state index in [1.54, 1.807) is 0 Å². The predicted octanol–water partition coefficient (Wildman–Crippen LogP) is 2.99. The van der Waals surface area contributed by atoms with Crippen LogP contribution in [0.25, 0.3) is 0 Å². The Balaban J connectivity index is 1.99. The molecule has 0 fully saturated rings. The van der Waals surface area contributed by atoms with E-state index in [0.29, 0.717) is 12.6 Å². The van der Waals surface area contributed by atoms with Crippen molar-refractivity contribution in [2.45, 2.75) is 58.1 Å². The quantitative estimate of drug-likeness (QED) is 0.838. The number of aryl methyl sites for hydroxylation is 2. The Labute approximate surface area is 110 Å². The fourth-order valence-corrected chi connectivity index (χ4v) is 2.60. The largest absolute Gasteiger partial charge is 0.392 e. The van der Waals surface area contributed by atoms with E-state index >= 15 is 0 Å². The van der Waals surface area contributed by atoms with Crippen molar-refractivity contribution < 1.29 is 5.11 Å². The Hall–Kier alpha value is -0.860. The first-order chi connectivity index (χ1) is 8.70. The fourth-order valence-electron chi connectivity index (χ4n) is 2.60. The minimum atomic E-state index is -0.231. The predicted molar refractivity (Wildman–Crippen MR) is 75.8 cm³/mol. The van der Waals surface area contributed by atoms with Crippen LogP contribution in [0.15, 0.2) is 18.2 Å². The van der Waals surface area contributed by atoms with Crippen LogP contribution in [0.5, 0.6) is 0 Å². The van der Waals surface area contributed by atoms with E-state index in [9.17, 15) is 5.11 Å². The number of hydrogen-bond donors (Lipinski definition) is 2. The Bertz CT molecular complexity index is 389. The second-order valence-corrected chi connectivity index (χ2v) is 5.43. The molecule has 0 spiro atoms. The highest BCUT2D eigenvalue weighted by Gasteiger charge is 2.12. The van der Waals surface area contributed by atoms with Crippen molar-refractivity contribution in [1.82, 2.24) is 5.32 Å². The van der Waals surface area contributed by atoms with Crippen molar-refractivity contribution >= 4 is 0 Å². The van der Waals surface area contributed by atoms with Gasteiger partial charge in [0, 0.05) is 12.6 Å². The van der Waals surface area contributed by atoms with Gasteiger partial charge in [0.05, 0.1) is 6.10 Å². The number of nitrogens with one attached hydrogen (secondary N) is 1. The van der Waals surface area contributed by atoms with Crippen LogP contribution in [0.4, 0.5) is 0 Å². The molecule has 0 saturated heterocycles. The van der Waals surface area contributed by atoms with Gasteiger partial charge in [-0.1, -0.05) is 25.1 Å². The lowest BCUT2D eigenvalue weighted by atomic mass is 9.89. The summed E-state index contributed by atoms with van der Waals surface area (Å²) in [5.74, 6) is 0. The average Bonchev–Trinajstić information content (AvgIpc) is 2.43. The molecule has 0 amide bonds. The topological polar surface area (TPSA) is 32.3 Å². The summed E-state index contributed by atoms with van der Waals surface area (Å²) in [7, 11) is 0. The van der Waals surface area contributed by atoms with Crippen molar-refractivity contribution in [1.29, 1.82) is 0 Å². The highest BCUT2D eigenvalue weighted by atomic mass is 16.3. The zero-order chi connectivity index (χ0) is 13.0. The molecule has 0 bridgehead atoms. The first-order valence-corrected chi connectivity index (χ1v) is 7.24. The van der Waals surface area contributed by atoms with Gasteiger partial charge >= 0.3 is 0 Å². The molecule has 100 valence electrons. The summed E-state index contributed by atoms with van der Waals surface area (Å²) >= 11 is 0. The van der Waals surface area contributed by atoms with Gasteiger partial charge in [-0.15, -0.1) is 0 Å². The van der Waals surface area contributed by atoms with Gasteiger partial charge in [-0.3, -0.25) is 0 Å². The Morgan fingerprint density at radius 1 is 1.22 bits per heavy atom. The van der Waals surface area contributed by atoms with Crippen LogP contribution in [-0.2, 0) is 12.8 Å². The molecule has 1 aliphatic rings. The van der Waals surface area contributed by atoms with Crippen LogP contribution in [0.2, 0.25) is 0 Å². The minimum absolute atomic E-state index is 0.231. The van der Waals surface area contributed by atoms with E-state index < -0.39 is 0 Å². The molecule has 18 heavy (non-hydrogen) atoms. The van der Waals surface area contributed by atoms with Crippen molar-refractivity contribution in [3.8, 4) is 0 Å². The van der Waals surface area contributed by atoms with Gasteiger partial charge in [0.25, 0.3) is 0 Å². The Morgan fingerprint density at radius 3 is 2.67 bits per heavy atom. The van der Waals surface area contributed by atoms with Crippen molar-refractivity contribution in [3.05, 3.63) is 34.9 Å². The van der Waals surface area contributed by atoms with E-state index in [1.807, 2.05) is 6.92 Å². The van der Waals surface area contributed by atoms with Gasteiger partial charge in [0.2, 0.25) is 0 Å². The van der Waals surface area contributed by atoms with Gasteiger partial charge in [-0.05, 0) is 55.7 Å². The second-order valence-electron chi connectivity index (χ2n) is 5.43. The number of hydrogen-bond acceptors (Lipinski definition) is 2. The Morgan fingerprint density at radius 2 is 1.94 bits per heavy atom. The van der Waals surface area contributed by atoms with Gasteiger partial charge in [0.15, 0.2) is 0 Å². The summed E-state index contributed by atoms with van der Waals surface area (Å²) in [6.45, 7) is 4.86. The maximum Gasteiger partial charge on any atom is 0.0662 e. The van der Waals surface area contributed by atoms with Crippen LogP contribution in [0.1, 0.15) is 55.8 Å². The molecule has 2 heteroatoms. The molecular weight excluding hydrogens is 222 g/mol. The zero-order valence-corrected chi connectivity index (χ0v) is 11.6. The zero-order valence-electron chi connectivity index (χ0n) is 11.6. The van der Waals surface area contributed by atoms with Gasteiger partial charge in [-0.25, -0.2) is 0 Å². The molecule has 1 aromatic rings. The highest BCUT2D eigenvalue weighted by Crippen LogP contribution is 2.24. The molecule has 1 aromatic carbocycles. The summed E-state index contributed by atoms with van der Waals surface area (Å²) in [6, 6.07) is 7.20. The third-order valence-corrected chi connectivity index (χ3v) is 4.00. The van der Waals surface area contributed by atoms with Gasteiger partial charge in [-0.2, -0.15) is 0 Å². The third kappa shape index (κ3) is 3.33. The first-order valence-electron chi connectivity index (χ1n) is 7.24. The summed E-state index contributed by atoms with van der Waals surface area (Å²) < 4.78 is 0. The minimum Gasteiger partial charge on any atom is -0.392 e. The molecule has 0 radical (unpaired) electrons. The van der Waals surface area contributed by atoms with E-state index in [2.05, 4.69) is 30.4 Å². The molecule has 2 atom stereocenters. The molecule has 2 nitrogen and oxygen atoms in total. The molecular formula is C16H25NO. The maximum absolute atomic E-state index is 9.58. The highest BCUT2D eigenvalue weighted by molar-refractivity contribution is 5.35. The number of aliphatic hydroxyl groups excluding tert-OH is 1. The number of fused-ring (bicyclic) bond motifs is 1. The summed E-state index contributed by atoms with van der Waals surface area (Å²) in [5, 5.41) is 13.0. The molecule has 2 rings (SSSR count). The molecule has 0 aliphatic heterocycles. The molecule has 2 N–H and O–H groups in total. The third-order valence-electron chi connectivity index (χ3n) is 4.00. The number of aliphatic hydroxyl groups is 1. The first kappa shape index (κ1) is 13.6. The van der Waals surface area contributed by atoms with Crippen LogP contribution in [-0.4, -0.2) is 17.8 Å². The molecule has 1 aliphatic carbocycles. The average molecular weight is 247 g/mol. The van der Waals surface area contributed by atoms with E-state index in [1.165, 1.54) is 42.4 Å². The lowest BCUT2D eigenvalue weighted by molar-refractivity contribution is 0.164. The second kappa shape index (κ2) is 6.35. The van der Waals surface area contributed by atoms with Crippen LogP contribution in [0.3, 0.4) is 0 Å². The monoisotopic (exact) mass is 247 g/mol. The maximum atomic E-state index is 9.58. The summed E-state index contributed by atoms with van der Waals surface area (Å²) in [5.41, 5.74) is 4.41.